The zero-order valence-electron chi connectivity index (χ0n) is 18.3. The molecule has 1 aromatic heterocycles. The lowest BCUT2D eigenvalue weighted by atomic mass is 9.96. The van der Waals surface area contributed by atoms with Gasteiger partial charge in [-0.15, -0.1) is 0 Å². The minimum absolute atomic E-state index is 0.103. The fourth-order valence-electron chi connectivity index (χ4n) is 3.73. The first-order chi connectivity index (χ1) is 13.9. The molecule has 0 N–H and O–H groups in total. The van der Waals surface area contributed by atoms with Crippen molar-refractivity contribution >= 4 is 11.9 Å². The van der Waals surface area contributed by atoms with E-state index in [1.165, 1.54) is 5.56 Å². The molecule has 1 aliphatic rings. The van der Waals surface area contributed by atoms with E-state index < -0.39 is 0 Å². The number of amides is 1. The SMILES string of the molecule is CCN(Cc1ccc(C(=O)N2CCC(c3nc(N(C)C)no3)CC2)cc1)C(C)C. The monoisotopic (exact) mass is 399 g/mol. The number of carbonyl (C=O) groups is 1. The second-order valence-electron chi connectivity index (χ2n) is 8.25. The van der Waals surface area contributed by atoms with E-state index in [4.69, 9.17) is 4.52 Å². The molecular formula is C22H33N5O2. The van der Waals surface area contributed by atoms with Gasteiger partial charge in [-0.1, -0.05) is 19.1 Å². The Labute approximate surface area is 173 Å². The van der Waals surface area contributed by atoms with Gasteiger partial charge in [0, 0.05) is 51.3 Å². The van der Waals surface area contributed by atoms with Crippen molar-refractivity contribution in [3.05, 3.63) is 41.3 Å². The molecule has 0 aliphatic carbocycles. The van der Waals surface area contributed by atoms with Crippen LogP contribution >= 0.6 is 0 Å². The van der Waals surface area contributed by atoms with E-state index >= 15 is 0 Å². The molecule has 2 aromatic rings. The molecule has 1 aliphatic heterocycles. The number of hydrogen-bond donors (Lipinski definition) is 0. The summed E-state index contributed by atoms with van der Waals surface area (Å²) in [5, 5.41) is 3.99. The van der Waals surface area contributed by atoms with Crippen LogP contribution in [-0.2, 0) is 6.54 Å². The molecule has 0 unspecified atom stereocenters. The molecule has 0 bridgehead atoms. The summed E-state index contributed by atoms with van der Waals surface area (Å²) < 4.78 is 5.41. The van der Waals surface area contributed by atoms with Gasteiger partial charge in [0.1, 0.15) is 0 Å². The van der Waals surface area contributed by atoms with Crippen LogP contribution < -0.4 is 4.90 Å². The van der Waals surface area contributed by atoms with Crippen molar-refractivity contribution in [3.63, 3.8) is 0 Å². The van der Waals surface area contributed by atoms with Gasteiger partial charge in [-0.05, 0) is 56.1 Å². The number of benzene rings is 1. The predicted octanol–water partition coefficient (Wildman–Crippen LogP) is 3.39. The summed E-state index contributed by atoms with van der Waals surface area (Å²) in [6.45, 7) is 9.94. The van der Waals surface area contributed by atoms with Gasteiger partial charge in [-0.3, -0.25) is 9.69 Å². The van der Waals surface area contributed by atoms with Crippen LogP contribution in [0.1, 0.15) is 61.3 Å². The fraction of sp³-hybridized carbons (Fsp3) is 0.591. The minimum atomic E-state index is 0.103. The van der Waals surface area contributed by atoms with E-state index in [9.17, 15) is 4.79 Å². The Kier molecular flexibility index (Phi) is 6.90. The number of carbonyl (C=O) groups excluding carboxylic acids is 1. The lowest BCUT2D eigenvalue weighted by Crippen LogP contribution is -2.38. The molecule has 0 atom stereocenters. The largest absolute Gasteiger partial charge is 0.344 e. The lowest BCUT2D eigenvalue weighted by Gasteiger charge is -2.30. The van der Waals surface area contributed by atoms with Crippen LogP contribution in [0.3, 0.4) is 0 Å². The summed E-state index contributed by atoms with van der Waals surface area (Å²) in [4.78, 5) is 23.5. The number of likely N-dealkylation sites (tertiary alicyclic amines) is 1. The average Bonchev–Trinajstić information content (AvgIpc) is 3.22. The van der Waals surface area contributed by atoms with Crippen LogP contribution in [0.15, 0.2) is 28.8 Å². The van der Waals surface area contributed by atoms with Crippen molar-refractivity contribution in [3.8, 4) is 0 Å². The zero-order chi connectivity index (χ0) is 21.0. The van der Waals surface area contributed by atoms with Crippen LogP contribution in [0.25, 0.3) is 0 Å². The van der Waals surface area contributed by atoms with Gasteiger partial charge in [-0.25, -0.2) is 0 Å². The maximum atomic E-state index is 12.9. The maximum Gasteiger partial charge on any atom is 0.265 e. The van der Waals surface area contributed by atoms with E-state index in [-0.39, 0.29) is 11.8 Å². The summed E-state index contributed by atoms with van der Waals surface area (Å²) in [6, 6.07) is 8.58. The molecule has 3 rings (SSSR count). The van der Waals surface area contributed by atoms with Crippen molar-refractivity contribution in [1.29, 1.82) is 0 Å². The minimum Gasteiger partial charge on any atom is -0.344 e. The molecule has 1 amide bonds. The van der Waals surface area contributed by atoms with Gasteiger partial charge in [0.05, 0.1) is 0 Å². The van der Waals surface area contributed by atoms with Crippen LogP contribution in [0.2, 0.25) is 0 Å². The third-order valence-electron chi connectivity index (χ3n) is 5.69. The van der Waals surface area contributed by atoms with E-state index in [1.807, 2.05) is 36.0 Å². The Morgan fingerprint density at radius 3 is 2.38 bits per heavy atom. The number of hydrogen-bond acceptors (Lipinski definition) is 6. The first kappa shape index (κ1) is 21.3. The number of rotatable bonds is 7. The average molecular weight is 400 g/mol. The zero-order valence-corrected chi connectivity index (χ0v) is 18.3. The van der Waals surface area contributed by atoms with Crippen molar-refractivity contribution in [2.45, 2.75) is 52.1 Å². The highest BCUT2D eigenvalue weighted by Crippen LogP contribution is 2.28. The Morgan fingerprint density at radius 2 is 1.86 bits per heavy atom. The van der Waals surface area contributed by atoms with Gasteiger partial charge in [0.15, 0.2) is 0 Å². The van der Waals surface area contributed by atoms with Crippen LogP contribution in [0, 0.1) is 0 Å². The molecule has 1 saturated heterocycles. The normalized spacial score (nSPS) is 15.3. The molecule has 1 aromatic carbocycles. The number of piperidine rings is 1. The first-order valence-corrected chi connectivity index (χ1v) is 10.5. The van der Waals surface area contributed by atoms with E-state index in [2.05, 4.69) is 47.9 Å². The third-order valence-corrected chi connectivity index (χ3v) is 5.69. The smallest absolute Gasteiger partial charge is 0.265 e. The summed E-state index contributed by atoms with van der Waals surface area (Å²) >= 11 is 0. The van der Waals surface area contributed by atoms with Crippen molar-refractivity contribution < 1.29 is 9.32 Å². The number of anilines is 1. The highest BCUT2D eigenvalue weighted by atomic mass is 16.5. The molecule has 2 heterocycles. The van der Waals surface area contributed by atoms with Gasteiger partial charge in [0.2, 0.25) is 5.89 Å². The van der Waals surface area contributed by atoms with E-state index in [1.54, 1.807) is 0 Å². The van der Waals surface area contributed by atoms with Crippen molar-refractivity contribution in [2.75, 3.05) is 38.6 Å². The molecule has 1 fully saturated rings. The molecule has 7 heteroatoms. The highest BCUT2D eigenvalue weighted by molar-refractivity contribution is 5.94. The summed E-state index contributed by atoms with van der Waals surface area (Å²) in [7, 11) is 3.79. The van der Waals surface area contributed by atoms with Crippen molar-refractivity contribution in [1.82, 2.24) is 19.9 Å². The summed E-state index contributed by atoms with van der Waals surface area (Å²) in [5.74, 6) is 1.60. The van der Waals surface area contributed by atoms with Gasteiger partial charge in [0.25, 0.3) is 11.9 Å². The van der Waals surface area contributed by atoms with Crippen molar-refractivity contribution in [2.24, 2.45) is 0 Å². The van der Waals surface area contributed by atoms with Crippen LogP contribution in [-0.4, -0.2) is 65.6 Å². The summed E-state index contributed by atoms with van der Waals surface area (Å²) in [6.07, 6.45) is 1.69. The molecule has 29 heavy (non-hydrogen) atoms. The fourth-order valence-corrected chi connectivity index (χ4v) is 3.73. The topological polar surface area (TPSA) is 65.7 Å². The van der Waals surface area contributed by atoms with Crippen LogP contribution in [0.4, 0.5) is 5.95 Å². The Hall–Kier alpha value is -2.41. The van der Waals surface area contributed by atoms with E-state index in [0.29, 0.717) is 31.0 Å². The van der Waals surface area contributed by atoms with Gasteiger partial charge in [-0.2, -0.15) is 4.98 Å². The highest BCUT2D eigenvalue weighted by Gasteiger charge is 2.28. The Bertz CT molecular complexity index is 792. The van der Waals surface area contributed by atoms with Gasteiger partial charge >= 0.3 is 0 Å². The first-order valence-electron chi connectivity index (χ1n) is 10.5. The predicted molar refractivity (Wildman–Crippen MR) is 114 cm³/mol. The standard InChI is InChI=1S/C22H33N5O2/c1-6-26(16(2)3)15-17-7-9-19(10-8-17)21(28)27-13-11-18(12-14-27)20-23-22(24-29-20)25(4)5/h7-10,16,18H,6,11-15H2,1-5H3. The second-order valence-corrected chi connectivity index (χ2v) is 8.25. The van der Waals surface area contributed by atoms with Gasteiger partial charge < -0.3 is 14.3 Å². The quantitative estimate of drug-likeness (QED) is 0.711. The van der Waals surface area contributed by atoms with E-state index in [0.717, 1.165) is 31.5 Å². The number of aromatic nitrogens is 2. The molecular weight excluding hydrogens is 366 g/mol. The Balaban J connectivity index is 1.56. The summed E-state index contributed by atoms with van der Waals surface area (Å²) in [5.41, 5.74) is 2.00. The maximum absolute atomic E-state index is 12.9. The molecule has 0 radical (unpaired) electrons. The number of nitrogens with zero attached hydrogens (tertiary/aromatic N) is 5. The lowest BCUT2D eigenvalue weighted by molar-refractivity contribution is 0.0704. The molecule has 0 saturated carbocycles. The second kappa shape index (κ2) is 9.39. The molecule has 7 nitrogen and oxygen atoms in total. The van der Waals surface area contributed by atoms with Crippen LogP contribution in [0.5, 0.6) is 0 Å². The Morgan fingerprint density at radius 1 is 1.21 bits per heavy atom. The molecule has 0 spiro atoms. The third kappa shape index (κ3) is 5.15. The molecule has 158 valence electrons.